The maximum Gasteiger partial charge on any atom is 0.251 e. The molecule has 1 aliphatic rings. The Morgan fingerprint density at radius 3 is 2.56 bits per heavy atom. The first-order chi connectivity index (χ1) is 12.9. The second-order valence-electron chi connectivity index (χ2n) is 6.39. The summed E-state index contributed by atoms with van der Waals surface area (Å²) in [5, 5.41) is 5.10. The second-order valence-corrected chi connectivity index (χ2v) is 6.39. The maximum atomic E-state index is 13.3. The number of carbonyl (C=O) groups excluding carboxylic acids is 3. The highest BCUT2D eigenvalue weighted by Crippen LogP contribution is 2.21. The van der Waals surface area contributed by atoms with Crippen molar-refractivity contribution in [1.29, 1.82) is 0 Å². The van der Waals surface area contributed by atoms with Crippen molar-refractivity contribution in [3.63, 3.8) is 0 Å². The van der Waals surface area contributed by atoms with E-state index < -0.39 is 17.6 Å². The molecule has 0 radical (unpaired) electrons. The number of hydrogen-bond donors (Lipinski definition) is 2. The predicted octanol–water partition coefficient (Wildman–Crippen LogP) is 2.63. The molecule has 2 aromatic carbocycles. The smallest absolute Gasteiger partial charge is 0.251 e. The molecule has 3 amide bonds. The summed E-state index contributed by atoms with van der Waals surface area (Å²) in [6.07, 6.45) is 1.38. The molecule has 1 aliphatic heterocycles. The number of nitrogens with one attached hydrogen (secondary N) is 2. The van der Waals surface area contributed by atoms with E-state index in [1.54, 1.807) is 42.2 Å². The van der Waals surface area contributed by atoms with Crippen molar-refractivity contribution < 1.29 is 18.8 Å². The standard InChI is InChI=1S/C20H20FN3O3/c1-13-4-7-15(21)11-17(13)23-18(25)12-22-20(27)14-5-8-16(9-6-14)24-10-2-3-19(24)26/h4-9,11H,2-3,10,12H2,1H3,(H,22,27)(H,23,25). The quantitative estimate of drug-likeness (QED) is 0.850. The molecule has 1 heterocycles. The van der Waals surface area contributed by atoms with Gasteiger partial charge < -0.3 is 15.5 Å². The van der Waals surface area contributed by atoms with Crippen LogP contribution in [0.15, 0.2) is 42.5 Å². The molecule has 0 bridgehead atoms. The summed E-state index contributed by atoms with van der Waals surface area (Å²) >= 11 is 0. The number of nitrogens with zero attached hydrogens (tertiary/aromatic N) is 1. The van der Waals surface area contributed by atoms with Crippen molar-refractivity contribution in [2.24, 2.45) is 0 Å². The summed E-state index contributed by atoms with van der Waals surface area (Å²) < 4.78 is 13.3. The van der Waals surface area contributed by atoms with Gasteiger partial charge in [0, 0.05) is 29.9 Å². The Hall–Kier alpha value is -3.22. The number of aryl methyl sites for hydroxylation is 1. The molecule has 0 atom stereocenters. The fourth-order valence-corrected chi connectivity index (χ4v) is 2.90. The Balaban J connectivity index is 1.55. The highest BCUT2D eigenvalue weighted by molar-refractivity contribution is 6.00. The Morgan fingerprint density at radius 1 is 1.15 bits per heavy atom. The molecule has 0 spiro atoms. The van der Waals surface area contributed by atoms with Gasteiger partial charge in [-0.3, -0.25) is 14.4 Å². The SMILES string of the molecule is Cc1ccc(F)cc1NC(=O)CNC(=O)c1ccc(N2CCCC2=O)cc1. The minimum atomic E-state index is -0.448. The van der Waals surface area contributed by atoms with E-state index in [2.05, 4.69) is 10.6 Å². The van der Waals surface area contributed by atoms with Crippen molar-refractivity contribution in [1.82, 2.24) is 5.32 Å². The van der Waals surface area contributed by atoms with Gasteiger partial charge in [-0.2, -0.15) is 0 Å². The Bertz CT molecular complexity index is 881. The van der Waals surface area contributed by atoms with Crippen molar-refractivity contribution in [2.75, 3.05) is 23.3 Å². The van der Waals surface area contributed by atoms with Crippen molar-refractivity contribution in [2.45, 2.75) is 19.8 Å². The summed E-state index contributed by atoms with van der Waals surface area (Å²) in [5.74, 6) is -1.22. The Morgan fingerprint density at radius 2 is 1.89 bits per heavy atom. The van der Waals surface area contributed by atoms with Gasteiger partial charge in [0.2, 0.25) is 11.8 Å². The van der Waals surface area contributed by atoms with Gasteiger partial charge in [-0.05, 0) is 55.3 Å². The zero-order chi connectivity index (χ0) is 19.4. The van der Waals surface area contributed by atoms with Gasteiger partial charge in [0.1, 0.15) is 5.82 Å². The summed E-state index contributed by atoms with van der Waals surface area (Å²) in [6.45, 7) is 2.20. The van der Waals surface area contributed by atoms with Crippen LogP contribution >= 0.6 is 0 Å². The van der Waals surface area contributed by atoms with Crippen LogP contribution in [0.5, 0.6) is 0 Å². The van der Waals surface area contributed by atoms with E-state index in [1.807, 2.05) is 0 Å². The van der Waals surface area contributed by atoms with Crippen molar-refractivity contribution in [3.05, 3.63) is 59.4 Å². The maximum absolute atomic E-state index is 13.3. The first-order valence-corrected chi connectivity index (χ1v) is 8.68. The van der Waals surface area contributed by atoms with Crippen LogP contribution in [0.3, 0.4) is 0 Å². The van der Waals surface area contributed by atoms with E-state index in [1.165, 1.54) is 12.1 Å². The lowest BCUT2D eigenvalue weighted by Crippen LogP contribution is -2.33. The van der Waals surface area contributed by atoms with Crippen LogP contribution in [0.1, 0.15) is 28.8 Å². The van der Waals surface area contributed by atoms with Gasteiger partial charge >= 0.3 is 0 Å². The van der Waals surface area contributed by atoms with Gasteiger partial charge in [0.15, 0.2) is 0 Å². The summed E-state index contributed by atoms with van der Waals surface area (Å²) in [7, 11) is 0. The van der Waals surface area contributed by atoms with Gasteiger partial charge in [0.05, 0.1) is 6.54 Å². The molecule has 2 N–H and O–H groups in total. The van der Waals surface area contributed by atoms with E-state index in [-0.39, 0.29) is 12.5 Å². The highest BCUT2D eigenvalue weighted by Gasteiger charge is 2.21. The minimum Gasteiger partial charge on any atom is -0.343 e. The van der Waals surface area contributed by atoms with E-state index in [0.717, 1.165) is 17.7 Å². The molecule has 1 saturated heterocycles. The minimum absolute atomic E-state index is 0.0801. The van der Waals surface area contributed by atoms with Gasteiger partial charge in [0.25, 0.3) is 5.91 Å². The van der Waals surface area contributed by atoms with Crippen LogP contribution < -0.4 is 15.5 Å². The third kappa shape index (κ3) is 4.49. The van der Waals surface area contributed by atoms with Crippen molar-refractivity contribution >= 4 is 29.1 Å². The lowest BCUT2D eigenvalue weighted by atomic mass is 10.2. The highest BCUT2D eigenvalue weighted by atomic mass is 19.1. The average Bonchev–Trinajstić information content (AvgIpc) is 3.09. The van der Waals surface area contributed by atoms with Crippen LogP contribution in [0.25, 0.3) is 0 Å². The number of hydrogen-bond acceptors (Lipinski definition) is 3. The molecule has 27 heavy (non-hydrogen) atoms. The van der Waals surface area contributed by atoms with Crippen LogP contribution in [0.4, 0.5) is 15.8 Å². The van der Waals surface area contributed by atoms with Crippen LogP contribution in [-0.2, 0) is 9.59 Å². The number of amides is 3. The van der Waals surface area contributed by atoms with Crippen LogP contribution in [0, 0.1) is 12.7 Å². The topological polar surface area (TPSA) is 78.5 Å². The van der Waals surface area contributed by atoms with E-state index in [9.17, 15) is 18.8 Å². The number of benzene rings is 2. The fourth-order valence-electron chi connectivity index (χ4n) is 2.90. The zero-order valence-electron chi connectivity index (χ0n) is 14.9. The zero-order valence-corrected chi connectivity index (χ0v) is 14.9. The van der Waals surface area contributed by atoms with E-state index >= 15 is 0 Å². The largest absolute Gasteiger partial charge is 0.343 e. The normalized spacial score (nSPS) is 13.6. The average molecular weight is 369 g/mol. The molecular formula is C20H20FN3O3. The van der Waals surface area contributed by atoms with Gasteiger partial charge in [-0.25, -0.2) is 4.39 Å². The van der Waals surface area contributed by atoms with E-state index in [4.69, 9.17) is 0 Å². The molecule has 6 nitrogen and oxygen atoms in total. The first kappa shape index (κ1) is 18.6. The number of halogens is 1. The van der Waals surface area contributed by atoms with Crippen molar-refractivity contribution in [3.8, 4) is 0 Å². The molecule has 3 rings (SSSR count). The van der Waals surface area contributed by atoms with E-state index in [0.29, 0.717) is 24.2 Å². The lowest BCUT2D eigenvalue weighted by molar-refractivity contribution is -0.117. The molecule has 0 unspecified atom stereocenters. The molecule has 140 valence electrons. The Kier molecular flexibility index (Phi) is 5.49. The lowest BCUT2D eigenvalue weighted by Gasteiger charge is -2.15. The number of rotatable bonds is 5. The Labute approximate surface area is 156 Å². The fraction of sp³-hybridized carbons (Fsp3) is 0.250. The summed E-state index contributed by atoms with van der Waals surface area (Å²) in [6, 6.07) is 10.8. The van der Waals surface area contributed by atoms with Gasteiger partial charge in [-0.1, -0.05) is 6.07 Å². The summed E-state index contributed by atoms with van der Waals surface area (Å²) in [4.78, 5) is 37.6. The third-order valence-corrected chi connectivity index (χ3v) is 4.40. The molecule has 1 fully saturated rings. The molecule has 7 heteroatoms. The van der Waals surface area contributed by atoms with Crippen LogP contribution in [-0.4, -0.2) is 30.8 Å². The third-order valence-electron chi connectivity index (χ3n) is 4.40. The van der Waals surface area contributed by atoms with Gasteiger partial charge in [-0.15, -0.1) is 0 Å². The second kappa shape index (κ2) is 7.99. The molecular weight excluding hydrogens is 349 g/mol. The van der Waals surface area contributed by atoms with Crippen LogP contribution in [0.2, 0.25) is 0 Å². The number of carbonyl (C=O) groups is 3. The first-order valence-electron chi connectivity index (χ1n) is 8.68. The number of anilines is 2. The molecule has 0 aromatic heterocycles. The summed E-state index contributed by atoms with van der Waals surface area (Å²) in [5.41, 5.74) is 2.24. The predicted molar refractivity (Wildman–Crippen MR) is 100 cm³/mol. The monoisotopic (exact) mass is 369 g/mol. The molecule has 0 aliphatic carbocycles. The molecule has 2 aromatic rings. The molecule has 0 saturated carbocycles.